The number of benzene rings is 2. The summed E-state index contributed by atoms with van der Waals surface area (Å²) in [5.74, 6) is 0. The third-order valence-electron chi connectivity index (χ3n) is 5.43. The van der Waals surface area contributed by atoms with Crippen LogP contribution in [0, 0.1) is 0 Å². The van der Waals surface area contributed by atoms with Crippen molar-refractivity contribution in [1.82, 2.24) is 9.80 Å². The van der Waals surface area contributed by atoms with Crippen molar-refractivity contribution in [2.24, 2.45) is 0 Å². The summed E-state index contributed by atoms with van der Waals surface area (Å²) in [6, 6.07) is 20.3. The molecule has 0 amide bonds. The van der Waals surface area contributed by atoms with Crippen LogP contribution in [-0.4, -0.2) is 48.6 Å². The molecule has 0 aromatic heterocycles. The van der Waals surface area contributed by atoms with E-state index >= 15 is 0 Å². The Balaban J connectivity index is 1.25. The Morgan fingerprint density at radius 2 is 1.42 bits per heavy atom. The number of rotatable bonds is 4. The van der Waals surface area contributed by atoms with Crippen LogP contribution in [0.5, 0.6) is 0 Å². The molecule has 2 heteroatoms. The van der Waals surface area contributed by atoms with Gasteiger partial charge in [-0.3, -0.25) is 9.80 Å². The molecule has 0 atom stereocenters. The molecule has 1 heterocycles. The van der Waals surface area contributed by atoms with Crippen LogP contribution in [0.4, 0.5) is 0 Å². The van der Waals surface area contributed by atoms with Gasteiger partial charge in [0, 0.05) is 38.8 Å². The first-order valence-electron chi connectivity index (χ1n) is 9.13. The Bertz CT molecular complexity index is 659. The molecule has 24 heavy (non-hydrogen) atoms. The highest BCUT2D eigenvalue weighted by Gasteiger charge is 2.28. The molecule has 2 nitrogen and oxygen atoms in total. The second kappa shape index (κ2) is 7.33. The van der Waals surface area contributed by atoms with Gasteiger partial charge in [-0.05, 0) is 29.5 Å². The summed E-state index contributed by atoms with van der Waals surface area (Å²) in [5.41, 5.74) is 4.42. The molecule has 1 fully saturated rings. The Morgan fingerprint density at radius 1 is 0.792 bits per heavy atom. The molecular formula is C22H26N2. The quantitative estimate of drug-likeness (QED) is 0.851. The van der Waals surface area contributed by atoms with E-state index in [1.54, 1.807) is 11.1 Å². The van der Waals surface area contributed by atoms with E-state index in [2.05, 4.69) is 76.5 Å². The highest BCUT2D eigenvalue weighted by molar-refractivity contribution is 5.48. The Hall–Kier alpha value is -1.90. The zero-order valence-corrected chi connectivity index (χ0v) is 14.3. The summed E-state index contributed by atoms with van der Waals surface area (Å²) in [6.45, 7) is 5.85. The predicted octanol–water partition coefficient (Wildman–Crippen LogP) is 3.48. The van der Waals surface area contributed by atoms with Crippen molar-refractivity contribution >= 4 is 6.08 Å². The Morgan fingerprint density at radius 3 is 2.08 bits per heavy atom. The molecule has 4 rings (SSSR count). The normalized spacial score (nSPS) is 19.8. The van der Waals surface area contributed by atoms with Gasteiger partial charge in [0.15, 0.2) is 0 Å². The average Bonchev–Trinajstić information content (AvgIpc) is 3.07. The molecule has 2 aliphatic rings. The minimum absolute atomic E-state index is 0.726. The number of piperazine rings is 1. The van der Waals surface area contributed by atoms with Crippen molar-refractivity contribution < 1.29 is 0 Å². The Labute approximate surface area is 145 Å². The summed E-state index contributed by atoms with van der Waals surface area (Å²) in [6.07, 6.45) is 7.02. The standard InChI is InChI=1S/C22H26N2/c1-2-7-19(8-3-1)9-6-12-23-13-15-24(16-14-23)22-17-20-10-4-5-11-21(20)18-22/h1-11,22H,12-18H2/b9-6+. The lowest BCUT2D eigenvalue weighted by Gasteiger charge is -2.37. The molecule has 0 bridgehead atoms. The number of nitrogens with zero attached hydrogens (tertiary/aromatic N) is 2. The number of hydrogen-bond acceptors (Lipinski definition) is 2. The SMILES string of the molecule is C(=C\c1ccccc1)/CN1CCN(C2Cc3ccccc3C2)CC1. The van der Waals surface area contributed by atoms with Crippen LogP contribution in [0.2, 0.25) is 0 Å². The van der Waals surface area contributed by atoms with Crippen LogP contribution < -0.4 is 0 Å². The minimum atomic E-state index is 0.726. The lowest BCUT2D eigenvalue weighted by molar-refractivity contribution is 0.107. The van der Waals surface area contributed by atoms with Crippen LogP contribution in [0.1, 0.15) is 16.7 Å². The molecule has 124 valence electrons. The van der Waals surface area contributed by atoms with E-state index in [1.165, 1.54) is 44.6 Å². The van der Waals surface area contributed by atoms with Gasteiger partial charge >= 0.3 is 0 Å². The fourth-order valence-corrected chi connectivity index (χ4v) is 4.01. The van der Waals surface area contributed by atoms with Gasteiger partial charge in [0.1, 0.15) is 0 Å². The first kappa shape index (κ1) is 15.6. The number of fused-ring (bicyclic) bond motifs is 1. The smallest absolute Gasteiger partial charge is 0.0177 e. The van der Waals surface area contributed by atoms with E-state index < -0.39 is 0 Å². The maximum absolute atomic E-state index is 2.71. The van der Waals surface area contributed by atoms with E-state index in [4.69, 9.17) is 0 Å². The van der Waals surface area contributed by atoms with Gasteiger partial charge < -0.3 is 0 Å². The molecule has 1 aliphatic carbocycles. The van der Waals surface area contributed by atoms with E-state index in [0.29, 0.717) is 0 Å². The van der Waals surface area contributed by atoms with Crippen LogP contribution in [0.15, 0.2) is 60.7 Å². The van der Waals surface area contributed by atoms with E-state index in [-0.39, 0.29) is 0 Å². The summed E-state index contributed by atoms with van der Waals surface area (Å²) < 4.78 is 0. The fraction of sp³-hybridized carbons (Fsp3) is 0.364. The zero-order chi connectivity index (χ0) is 16.2. The van der Waals surface area contributed by atoms with Crippen molar-refractivity contribution in [1.29, 1.82) is 0 Å². The minimum Gasteiger partial charge on any atom is -0.297 e. The molecule has 0 N–H and O–H groups in total. The molecular weight excluding hydrogens is 292 g/mol. The van der Waals surface area contributed by atoms with Crippen molar-refractivity contribution in [2.45, 2.75) is 18.9 Å². The van der Waals surface area contributed by atoms with Crippen molar-refractivity contribution in [3.05, 3.63) is 77.4 Å². The van der Waals surface area contributed by atoms with Crippen LogP contribution in [-0.2, 0) is 12.8 Å². The van der Waals surface area contributed by atoms with Crippen LogP contribution in [0.25, 0.3) is 6.08 Å². The third-order valence-corrected chi connectivity index (χ3v) is 5.43. The molecule has 0 spiro atoms. The van der Waals surface area contributed by atoms with Gasteiger partial charge in [-0.15, -0.1) is 0 Å². The summed E-state index contributed by atoms with van der Waals surface area (Å²) >= 11 is 0. The molecule has 1 aliphatic heterocycles. The number of hydrogen-bond donors (Lipinski definition) is 0. The predicted molar refractivity (Wildman–Crippen MR) is 101 cm³/mol. The van der Waals surface area contributed by atoms with Crippen molar-refractivity contribution in [2.75, 3.05) is 32.7 Å². The molecule has 1 saturated heterocycles. The van der Waals surface area contributed by atoms with E-state index in [0.717, 1.165) is 12.6 Å². The molecule has 0 radical (unpaired) electrons. The van der Waals surface area contributed by atoms with Gasteiger partial charge in [0.2, 0.25) is 0 Å². The van der Waals surface area contributed by atoms with Gasteiger partial charge in [-0.1, -0.05) is 66.7 Å². The molecule has 2 aromatic rings. The average molecular weight is 318 g/mol. The summed E-state index contributed by atoms with van der Waals surface area (Å²) in [7, 11) is 0. The highest BCUT2D eigenvalue weighted by atomic mass is 15.3. The summed E-state index contributed by atoms with van der Waals surface area (Å²) in [4.78, 5) is 5.27. The monoisotopic (exact) mass is 318 g/mol. The molecule has 0 unspecified atom stereocenters. The Kier molecular flexibility index (Phi) is 4.77. The van der Waals surface area contributed by atoms with Crippen molar-refractivity contribution in [3.63, 3.8) is 0 Å². The highest BCUT2D eigenvalue weighted by Crippen LogP contribution is 2.26. The van der Waals surface area contributed by atoms with Gasteiger partial charge in [-0.2, -0.15) is 0 Å². The van der Waals surface area contributed by atoms with Gasteiger partial charge in [0.25, 0.3) is 0 Å². The van der Waals surface area contributed by atoms with Gasteiger partial charge in [-0.25, -0.2) is 0 Å². The first-order chi connectivity index (χ1) is 11.9. The first-order valence-corrected chi connectivity index (χ1v) is 9.13. The maximum Gasteiger partial charge on any atom is 0.0177 e. The molecule has 2 aromatic carbocycles. The fourth-order valence-electron chi connectivity index (χ4n) is 4.01. The largest absolute Gasteiger partial charge is 0.297 e. The second-order valence-electron chi connectivity index (χ2n) is 6.98. The molecule has 0 saturated carbocycles. The maximum atomic E-state index is 2.71. The van der Waals surface area contributed by atoms with Crippen LogP contribution >= 0.6 is 0 Å². The third kappa shape index (κ3) is 3.61. The topological polar surface area (TPSA) is 6.48 Å². The lowest BCUT2D eigenvalue weighted by atomic mass is 10.1. The second-order valence-corrected chi connectivity index (χ2v) is 6.98. The summed E-state index contributed by atoms with van der Waals surface area (Å²) in [5, 5.41) is 0. The van der Waals surface area contributed by atoms with E-state index in [9.17, 15) is 0 Å². The van der Waals surface area contributed by atoms with Crippen molar-refractivity contribution in [3.8, 4) is 0 Å². The van der Waals surface area contributed by atoms with E-state index in [1.807, 2.05) is 0 Å². The zero-order valence-electron chi connectivity index (χ0n) is 14.3. The lowest BCUT2D eigenvalue weighted by Crippen LogP contribution is -2.50. The van der Waals surface area contributed by atoms with Crippen LogP contribution in [0.3, 0.4) is 0 Å². The van der Waals surface area contributed by atoms with Gasteiger partial charge in [0.05, 0.1) is 0 Å².